The van der Waals surface area contributed by atoms with Gasteiger partial charge in [0.1, 0.15) is 0 Å². The number of likely N-dealkylation sites (tertiary alicyclic amines) is 1. The maximum Gasteiger partial charge on any atom is 0.314 e. The fourth-order valence-electron chi connectivity index (χ4n) is 2.36. The molecule has 1 atom stereocenters. The van der Waals surface area contributed by atoms with Gasteiger partial charge in [0, 0.05) is 38.6 Å². The number of amides is 3. The molecule has 1 aromatic heterocycles. The number of aromatic nitrogens is 1. The van der Waals surface area contributed by atoms with Crippen LogP contribution in [0.25, 0.3) is 0 Å². The molecule has 0 aromatic carbocycles. The molecule has 1 saturated heterocycles. The number of primary amides is 1. The van der Waals surface area contributed by atoms with E-state index in [0.717, 1.165) is 19.4 Å². The van der Waals surface area contributed by atoms with Crippen molar-refractivity contribution in [3.8, 4) is 0 Å². The van der Waals surface area contributed by atoms with E-state index in [9.17, 15) is 9.59 Å². The number of rotatable bonds is 4. The maximum atomic E-state index is 12.0. The zero-order chi connectivity index (χ0) is 13.7. The number of carbonyl (C=O) groups is 2. The normalized spacial score (nSPS) is 19.2. The zero-order valence-corrected chi connectivity index (χ0v) is 10.9. The van der Waals surface area contributed by atoms with Gasteiger partial charge in [0.05, 0.1) is 5.92 Å². The number of carbonyl (C=O) groups excluding carboxylic acids is 2. The van der Waals surface area contributed by atoms with E-state index in [-0.39, 0.29) is 11.8 Å². The zero-order valence-electron chi connectivity index (χ0n) is 10.9. The number of nitrogens with zero attached hydrogens (tertiary/aromatic N) is 2. The summed E-state index contributed by atoms with van der Waals surface area (Å²) in [5, 5.41) is 2.91. The van der Waals surface area contributed by atoms with Crippen LogP contribution in [0.4, 0.5) is 4.79 Å². The van der Waals surface area contributed by atoms with Crippen LogP contribution in [0.5, 0.6) is 0 Å². The van der Waals surface area contributed by atoms with Crippen LogP contribution in [0.2, 0.25) is 0 Å². The van der Waals surface area contributed by atoms with Crippen molar-refractivity contribution < 1.29 is 9.59 Å². The third-order valence-corrected chi connectivity index (χ3v) is 3.44. The summed E-state index contributed by atoms with van der Waals surface area (Å²) >= 11 is 0. The average Bonchev–Trinajstić information content (AvgIpc) is 2.92. The Balaban J connectivity index is 1.74. The summed E-state index contributed by atoms with van der Waals surface area (Å²) < 4.78 is 2.01. The monoisotopic (exact) mass is 264 g/mol. The lowest BCUT2D eigenvalue weighted by Gasteiger charge is -2.30. The van der Waals surface area contributed by atoms with Crippen molar-refractivity contribution >= 4 is 11.9 Å². The lowest BCUT2D eigenvalue weighted by Crippen LogP contribution is -2.47. The van der Waals surface area contributed by atoms with Crippen LogP contribution in [-0.2, 0) is 11.3 Å². The fraction of sp³-hybridized carbons (Fsp3) is 0.538. The summed E-state index contributed by atoms with van der Waals surface area (Å²) in [6.07, 6.45) is 5.57. The quantitative estimate of drug-likeness (QED) is 0.825. The first-order chi connectivity index (χ1) is 9.16. The Bertz CT molecular complexity index is 430. The molecule has 3 amide bonds. The molecule has 1 aromatic rings. The van der Waals surface area contributed by atoms with Crippen LogP contribution in [0.1, 0.15) is 12.8 Å². The third kappa shape index (κ3) is 3.74. The minimum absolute atomic E-state index is 0.0121. The average molecular weight is 264 g/mol. The first-order valence-electron chi connectivity index (χ1n) is 6.59. The lowest BCUT2D eigenvalue weighted by molar-refractivity contribution is -0.126. The molecular weight excluding hydrogens is 244 g/mol. The van der Waals surface area contributed by atoms with Crippen molar-refractivity contribution in [2.45, 2.75) is 19.4 Å². The third-order valence-electron chi connectivity index (χ3n) is 3.44. The molecule has 2 rings (SSSR count). The predicted octanol–water partition coefficient (Wildman–Crippen LogP) is 0.395. The first kappa shape index (κ1) is 13.5. The Kier molecular flexibility index (Phi) is 4.43. The first-order valence-corrected chi connectivity index (χ1v) is 6.59. The highest BCUT2D eigenvalue weighted by atomic mass is 16.2. The van der Waals surface area contributed by atoms with Crippen molar-refractivity contribution in [3.05, 3.63) is 24.5 Å². The molecule has 0 saturated carbocycles. The topological polar surface area (TPSA) is 80.4 Å². The van der Waals surface area contributed by atoms with Gasteiger partial charge in [-0.15, -0.1) is 0 Å². The molecule has 1 fully saturated rings. The van der Waals surface area contributed by atoms with E-state index in [1.165, 1.54) is 0 Å². The standard InChI is InChI=1S/C13H20N4O2/c14-13(19)17-8-3-4-11(10-17)12(18)15-5-9-16-6-1-2-7-16/h1-2,6-7,11H,3-5,8-10H2,(H2,14,19)(H,15,18). The highest BCUT2D eigenvalue weighted by molar-refractivity contribution is 5.80. The number of hydrogen-bond donors (Lipinski definition) is 2. The van der Waals surface area contributed by atoms with Gasteiger partial charge < -0.3 is 20.5 Å². The molecule has 0 aliphatic carbocycles. The summed E-state index contributed by atoms with van der Waals surface area (Å²) in [7, 11) is 0. The number of nitrogens with one attached hydrogen (secondary N) is 1. The Labute approximate surface area is 112 Å². The van der Waals surface area contributed by atoms with Crippen molar-refractivity contribution in [2.75, 3.05) is 19.6 Å². The molecule has 6 nitrogen and oxygen atoms in total. The molecule has 6 heteroatoms. The molecule has 1 unspecified atom stereocenters. The van der Waals surface area contributed by atoms with Crippen LogP contribution in [-0.4, -0.2) is 41.0 Å². The van der Waals surface area contributed by atoms with E-state index in [1.807, 2.05) is 29.1 Å². The van der Waals surface area contributed by atoms with Gasteiger partial charge in [-0.05, 0) is 25.0 Å². The van der Waals surface area contributed by atoms with Crippen LogP contribution in [0.15, 0.2) is 24.5 Å². The van der Waals surface area contributed by atoms with Crippen LogP contribution in [0.3, 0.4) is 0 Å². The SMILES string of the molecule is NC(=O)N1CCCC(C(=O)NCCn2cccc2)C1. The van der Waals surface area contributed by atoms with Crippen LogP contribution < -0.4 is 11.1 Å². The van der Waals surface area contributed by atoms with Crippen molar-refractivity contribution in [1.29, 1.82) is 0 Å². The summed E-state index contributed by atoms with van der Waals surface area (Å²) in [5.74, 6) is -0.121. The number of hydrogen-bond acceptors (Lipinski definition) is 2. The minimum Gasteiger partial charge on any atom is -0.354 e. The molecule has 3 N–H and O–H groups in total. The van der Waals surface area contributed by atoms with Gasteiger partial charge >= 0.3 is 6.03 Å². The van der Waals surface area contributed by atoms with Crippen LogP contribution >= 0.6 is 0 Å². The molecule has 0 spiro atoms. The molecule has 1 aliphatic rings. The molecule has 1 aliphatic heterocycles. The summed E-state index contributed by atoms with van der Waals surface area (Å²) in [5.41, 5.74) is 5.25. The molecule has 0 radical (unpaired) electrons. The Morgan fingerprint density at radius 3 is 2.74 bits per heavy atom. The highest BCUT2D eigenvalue weighted by Crippen LogP contribution is 2.16. The molecule has 2 heterocycles. The van der Waals surface area contributed by atoms with Crippen molar-refractivity contribution in [2.24, 2.45) is 11.7 Å². The van der Waals surface area contributed by atoms with Gasteiger partial charge in [0.2, 0.25) is 5.91 Å². The summed E-state index contributed by atoms with van der Waals surface area (Å²) in [6, 6.07) is 3.46. The Hall–Kier alpha value is -1.98. The van der Waals surface area contributed by atoms with Gasteiger partial charge in [-0.2, -0.15) is 0 Å². The minimum atomic E-state index is -0.440. The van der Waals surface area contributed by atoms with Crippen LogP contribution in [0, 0.1) is 5.92 Å². The van der Waals surface area contributed by atoms with E-state index in [4.69, 9.17) is 5.73 Å². The molecule has 104 valence electrons. The smallest absolute Gasteiger partial charge is 0.314 e. The number of urea groups is 1. The van der Waals surface area contributed by atoms with Gasteiger partial charge in [-0.1, -0.05) is 0 Å². The van der Waals surface area contributed by atoms with Gasteiger partial charge in [-0.25, -0.2) is 4.79 Å². The van der Waals surface area contributed by atoms with Gasteiger partial charge in [-0.3, -0.25) is 4.79 Å². The predicted molar refractivity (Wildman–Crippen MR) is 71.3 cm³/mol. The second-order valence-electron chi connectivity index (χ2n) is 4.84. The molecular formula is C13H20N4O2. The molecule has 0 bridgehead atoms. The van der Waals surface area contributed by atoms with Gasteiger partial charge in [0.25, 0.3) is 0 Å². The summed E-state index contributed by atoms with van der Waals surface area (Å²) in [6.45, 7) is 2.44. The Morgan fingerprint density at radius 1 is 1.32 bits per heavy atom. The fourth-order valence-corrected chi connectivity index (χ4v) is 2.36. The van der Waals surface area contributed by atoms with E-state index in [0.29, 0.717) is 19.6 Å². The van der Waals surface area contributed by atoms with Crippen molar-refractivity contribution in [3.63, 3.8) is 0 Å². The van der Waals surface area contributed by atoms with E-state index < -0.39 is 6.03 Å². The number of nitrogens with two attached hydrogens (primary N) is 1. The summed E-state index contributed by atoms with van der Waals surface area (Å²) in [4.78, 5) is 24.6. The Morgan fingerprint density at radius 2 is 2.05 bits per heavy atom. The maximum absolute atomic E-state index is 12.0. The number of piperidine rings is 1. The largest absolute Gasteiger partial charge is 0.354 e. The highest BCUT2D eigenvalue weighted by Gasteiger charge is 2.26. The van der Waals surface area contributed by atoms with E-state index >= 15 is 0 Å². The second kappa shape index (κ2) is 6.26. The lowest BCUT2D eigenvalue weighted by atomic mass is 9.97. The van der Waals surface area contributed by atoms with Gasteiger partial charge in [0.15, 0.2) is 0 Å². The molecule has 19 heavy (non-hydrogen) atoms. The van der Waals surface area contributed by atoms with E-state index in [1.54, 1.807) is 4.90 Å². The van der Waals surface area contributed by atoms with E-state index in [2.05, 4.69) is 5.32 Å². The van der Waals surface area contributed by atoms with Crippen molar-refractivity contribution in [1.82, 2.24) is 14.8 Å². The second-order valence-corrected chi connectivity index (χ2v) is 4.84.